The van der Waals surface area contributed by atoms with Crippen molar-refractivity contribution in [3.05, 3.63) is 47.8 Å². The van der Waals surface area contributed by atoms with E-state index in [-0.39, 0.29) is 11.3 Å². The fourth-order valence-electron chi connectivity index (χ4n) is 2.60. The molecule has 0 radical (unpaired) electrons. The van der Waals surface area contributed by atoms with Gasteiger partial charge in [-0.2, -0.15) is 0 Å². The van der Waals surface area contributed by atoms with Crippen LogP contribution in [0.25, 0.3) is 0 Å². The third-order valence-corrected chi connectivity index (χ3v) is 3.94. The topological polar surface area (TPSA) is 70.2 Å². The monoisotopic (exact) mass is 355 g/mol. The molecule has 1 aromatic carbocycles. The second-order valence-electron chi connectivity index (χ2n) is 7.60. The molecule has 0 fully saturated rings. The molecule has 1 aromatic heterocycles. The maximum Gasteiger partial charge on any atom is 0.274 e. The van der Waals surface area contributed by atoms with Crippen LogP contribution in [0.1, 0.15) is 43.2 Å². The Hall–Kier alpha value is -2.47. The van der Waals surface area contributed by atoms with Crippen molar-refractivity contribution < 1.29 is 4.79 Å². The number of nitrogens with zero attached hydrogens (tertiary/aromatic N) is 3. The van der Waals surface area contributed by atoms with Crippen LogP contribution in [0.2, 0.25) is 0 Å². The third-order valence-electron chi connectivity index (χ3n) is 3.94. The van der Waals surface area contributed by atoms with E-state index in [9.17, 15) is 4.79 Å². The summed E-state index contributed by atoms with van der Waals surface area (Å²) in [5.74, 6) is 0.237. The lowest BCUT2D eigenvalue weighted by atomic mass is 9.86. The highest BCUT2D eigenvalue weighted by molar-refractivity contribution is 6.03. The van der Waals surface area contributed by atoms with Crippen LogP contribution in [0.5, 0.6) is 0 Å². The fourth-order valence-corrected chi connectivity index (χ4v) is 2.60. The summed E-state index contributed by atoms with van der Waals surface area (Å²) in [5.41, 5.74) is 2.18. The average molecular weight is 355 g/mol. The molecule has 1 amide bonds. The second-order valence-corrected chi connectivity index (χ2v) is 7.60. The van der Waals surface area contributed by atoms with Gasteiger partial charge in [-0.05, 0) is 50.2 Å². The zero-order chi connectivity index (χ0) is 19.2. The normalized spacial score (nSPS) is 11.5. The number of aromatic nitrogens is 2. The first-order valence-electron chi connectivity index (χ1n) is 8.90. The Balaban J connectivity index is 2.06. The highest BCUT2D eigenvalue weighted by Crippen LogP contribution is 2.29. The molecule has 2 N–H and O–H groups in total. The molecule has 0 unspecified atom stereocenters. The predicted octanol–water partition coefficient (Wildman–Crippen LogP) is 3.39. The molecule has 2 aromatic rings. The van der Waals surface area contributed by atoms with Crippen LogP contribution in [0, 0.1) is 0 Å². The average Bonchev–Trinajstić information content (AvgIpc) is 2.58. The Morgan fingerprint density at radius 1 is 1.15 bits per heavy atom. The molecule has 0 atom stereocenters. The van der Waals surface area contributed by atoms with Gasteiger partial charge in [-0.15, -0.1) is 0 Å². The molecule has 2 rings (SSSR count). The Labute approximate surface area is 156 Å². The summed E-state index contributed by atoms with van der Waals surface area (Å²) in [6.07, 6.45) is 2.58. The lowest BCUT2D eigenvalue weighted by Crippen LogP contribution is -2.20. The number of para-hydroxylation sites is 1. The number of amides is 1. The van der Waals surface area contributed by atoms with E-state index in [1.54, 1.807) is 12.3 Å². The third kappa shape index (κ3) is 5.81. The number of carbonyl (C=O) groups is 1. The fraction of sp³-hybridized carbons (Fsp3) is 0.450. The van der Waals surface area contributed by atoms with Crippen LogP contribution in [-0.2, 0) is 5.41 Å². The maximum absolute atomic E-state index is 12.6. The SMILES string of the molecule is CN(C)CCCNc1nccc(C(=O)Nc2ccccc2C(C)(C)C)n1. The molecular formula is C20H29N5O. The molecule has 0 saturated heterocycles. The molecule has 0 aliphatic rings. The molecule has 1 heterocycles. The number of anilines is 2. The van der Waals surface area contributed by atoms with E-state index in [1.165, 1.54) is 0 Å². The van der Waals surface area contributed by atoms with E-state index >= 15 is 0 Å². The first kappa shape index (κ1) is 19.8. The van der Waals surface area contributed by atoms with Crippen molar-refractivity contribution in [1.29, 1.82) is 0 Å². The van der Waals surface area contributed by atoms with Gasteiger partial charge >= 0.3 is 0 Å². The van der Waals surface area contributed by atoms with Gasteiger partial charge < -0.3 is 15.5 Å². The van der Waals surface area contributed by atoms with Gasteiger partial charge in [0.05, 0.1) is 0 Å². The quantitative estimate of drug-likeness (QED) is 0.745. The van der Waals surface area contributed by atoms with Crippen LogP contribution in [-0.4, -0.2) is 48.0 Å². The number of rotatable bonds is 7. The summed E-state index contributed by atoms with van der Waals surface area (Å²) in [5, 5.41) is 6.15. The van der Waals surface area contributed by atoms with Crippen LogP contribution in [0.4, 0.5) is 11.6 Å². The molecule has 140 valence electrons. The molecule has 0 saturated carbocycles. The molecule has 6 nitrogen and oxygen atoms in total. The number of benzene rings is 1. The maximum atomic E-state index is 12.6. The minimum absolute atomic E-state index is 0.0608. The second kappa shape index (κ2) is 8.76. The summed E-state index contributed by atoms with van der Waals surface area (Å²) >= 11 is 0. The molecule has 0 spiro atoms. The minimum Gasteiger partial charge on any atom is -0.354 e. The largest absolute Gasteiger partial charge is 0.354 e. The lowest BCUT2D eigenvalue weighted by Gasteiger charge is -2.22. The Kier molecular flexibility index (Phi) is 6.69. The van der Waals surface area contributed by atoms with Crippen molar-refractivity contribution >= 4 is 17.5 Å². The predicted molar refractivity (Wildman–Crippen MR) is 107 cm³/mol. The lowest BCUT2D eigenvalue weighted by molar-refractivity contribution is 0.102. The van der Waals surface area contributed by atoms with Crippen molar-refractivity contribution in [2.24, 2.45) is 0 Å². The number of hydrogen-bond acceptors (Lipinski definition) is 5. The van der Waals surface area contributed by atoms with E-state index in [2.05, 4.69) is 46.3 Å². The molecule has 26 heavy (non-hydrogen) atoms. The zero-order valence-corrected chi connectivity index (χ0v) is 16.3. The summed E-state index contributed by atoms with van der Waals surface area (Å²) in [7, 11) is 4.08. The smallest absolute Gasteiger partial charge is 0.274 e. The van der Waals surface area contributed by atoms with Crippen LogP contribution in [0.15, 0.2) is 36.5 Å². The van der Waals surface area contributed by atoms with Crippen molar-refractivity contribution in [1.82, 2.24) is 14.9 Å². The summed E-state index contributed by atoms with van der Waals surface area (Å²) in [6.45, 7) is 8.11. The highest BCUT2D eigenvalue weighted by Gasteiger charge is 2.19. The van der Waals surface area contributed by atoms with E-state index < -0.39 is 0 Å². The van der Waals surface area contributed by atoms with Gasteiger partial charge in [0.2, 0.25) is 5.95 Å². The van der Waals surface area contributed by atoms with E-state index in [0.29, 0.717) is 11.6 Å². The van der Waals surface area contributed by atoms with Crippen molar-refractivity contribution in [2.75, 3.05) is 37.8 Å². The van der Waals surface area contributed by atoms with Gasteiger partial charge in [0.15, 0.2) is 0 Å². The first-order valence-corrected chi connectivity index (χ1v) is 8.90. The molecule has 0 bridgehead atoms. The van der Waals surface area contributed by atoms with E-state index in [1.807, 2.05) is 38.4 Å². The first-order chi connectivity index (χ1) is 12.3. The highest BCUT2D eigenvalue weighted by atomic mass is 16.1. The Bertz CT molecular complexity index is 737. The van der Waals surface area contributed by atoms with Crippen molar-refractivity contribution in [2.45, 2.75) is 32.6 Å². The van der Waals surface area contributed by atoms with Crippen LogP contribution in [0.3, 0.4) is 0 Å². The van der Waals surface area contributed by atoms with Gasteiger partial charge in [-0.3, -0.25) is 4.79 Å². The zero-order valence-electron chi connectivity index (χ0n) is 16.3. The summed E-state index contributed by atoms with van der Waals surface area (Å²) < 4.78 is 0. The van der Waals surface area contributed by atoms with Gasteiger partial charge in [0.1, 0.15) is 5.69 Å². The number of hydrogen-bond donors (Lipinski definition) is 2. The Morgan fingerprint density at radius 2 is 1.88 bits per heavy atom. The molecule has 0 aliphatic heterocycles. The van der Waals surface area contributed by atoms with Gasteiger partial charge in [0, 0.05) is 18.4 Å². The molecular weight excluding hydrogens is 326 g/mol. The standard InChI is InChI=1S/C20H29N5O/c1-20(2,3)15-9-6-7-10-16(15)23-18(26)17-11-13-22-19(24-17)21-12-8-14-25(4)5/h6-7,9-11,13H,8,12,14H2,1-5H3,(H,23,26)(H,21,22,24). The van der Waals surface area contributed by atoms with E-state index in [0.717, 1.165) is 30.8 Å². The van der Waals surface area contributed by atoms with Crippen molar-refractivity contribution in [3.63, 3.8) is 0 Å². The Morgan fingerprint density at radius 3 is 2.58 bits per heavy atom. The van der Waals surface area contributed by atoms with Gasteiger partial charge in [-0.1, -0.05) is 39.0 Å². The van der Waals surface area contributed by atoms with E-state index in [4.69, 9.17) is 0 Å². The van der Waals surface area contributed by atoms with Crippen molar-refractivity contribution in [3.8, 4) is 0 Å². The van der Waals surface area contributed by atoms with Gasteiger partial charge in [-0.25, -0.2) is 9.97 Å². The van der Waals surface area contributed by atoms with Crippen LogP contribution < -0.4 is 10.6 Å². The van der Waals surface area contributed by atoms with Gasteiger partial charge in [0.25, 0.3) is 5.91 Å². The molecule has 0 aliphatic carbocycles. The number of nitrogens with one attached hydrogen (secondary N) is 2. The number of carbonyl (C=O) groups excluding carboxylic acids is 1. The summed E-state index contributed by atoms with van der Waals surface area (Å²) in [4.78, 5) is 23.3. The van der Waals surface area contributed by atoms with Crippen LogP contribution >= 0.6 is 0 Å². The summed E-state index contributed by atoms with van der Waals surface area (Å²) in [6, 6.07) is 9.48. The molecule has 6 heteroatoms. The minimum atomic E-state index is -0.236.